The Morgan fingerprint density at radius 1 is 1.61 bits per heavy atom. The number of ether oxygens (including phenoxy) is 1. The molecule has 2 rings (SSSR count). The highest BCUT2D eigenvalue weighted by molar-refractivity contribution is 9.10. The van der Waals surface area contributed by atoms with Crippen molar-refractivity contribution in [2.75, 3.05) is 38.6 Å². The molecule has 1 aliphatic heterocycles. The summed E-state index contributed by atoms with van der Waals surface area (Å²) >= 11 is 3.28. The lowest BCUT2D eigenvalue weighted by Crippen LogP contribution is -2.43. The third kappa shape index (κ3) is 3.09. The Labute approximate surface area is 114 Å². The van der Waals surface area contributed by atoms with Crippen LogP contribution in [-0.2, 0) is 11.8 Å². The molecule has 100 valence electrons. The largest absolute Gasteiger partial charge is 0.380 e. The molecular formula is C11H17BrN4O2. The lowest BCUT2D eigenvalue weighted by molar-refractivity contribution is -0.0117. The van der Waals surface area contributed by atoms with Gasteiger partial charge < -0.3 is 15.0 Å². The maximum Gasteiger partial charge on any atom is 0.282 e. The number of rotatable bonds is 3. The van der Waals surface area contributed by atoms with Crippen molar-refractivity contribution in [1.82, 2.24) is 14.7 Å². The molecule has 18 heavy (non-hydrogen) atoms. The maximum atomic E-state index is 11.7. The fourth-order valence-corrected chi connectivity index (χ4v) is 2.35. The SMILES string of the molecule is CN1CCOC(CNc2cnn(C)c(=O)c2Br)C1. The second-order valence-corrected chi connectivity index (χ2v) is 5.23. The summed E-state index contributed by atoms with van der Waals surface area (Å²) in [7, 11) is 3.70. The van der Waals surface area contributed by atoms with Gasteiger partial charge in [0, 0.05) is 26.7 Å². The number of likely N-dealkylation sites (N-methyl/N-ethyl adjacent to an activating group) is 1. The second-order valence-electron chi connectivity index (χ2n) is 4.44. The van der Waals surface area contributed by atoms with Crippen molar-refractivity contribution in [3.8, 4) is 0 Å². The summed E-state index contributed by atoms with van der Waals surface area (Å²) in [6.45, 7) is 3.27. The van der Waals surface area contributed by atoms with Crippen LogP contribution >= 0.6 is 15.9 Å². The van der Waals surface area contributed by atoms with E-state index < -0.39 is 0 Å². The lowest BCUT2D eigenvalue weighted by atomic mass is 10.3. The molecule has 2 heterocycles. The van der Waals surface area contributed by atoms with Gasteiger partial charge in [-0.1, -0.05) is 0 Å². The van der Waals surface area contributed by atoms with Gasteiger partial charge in [0.15, 0.2) is 0 Å². The van der Waals surface area contributed by atoms with Crippen molar-refractivity contribution in [1.29, 1.82) is 0 Å². The minimum atomic E-state index is -0.151. The van der Waals surface area contributed by atoms with E-state index >= 15 is 0 Å². The average molecular weight is 317 g/mol. The fourth-order valence-electron chi connectivity index (χ4n) is 1.85. The van der Waals surface area contributed by atoms with Gasteiger partial charge in [0.05, 0.1) is 24.6 Å². The summed E-state index contributed by atoms with van der Waals surface area (Å²) < 4.78 is 7.44. The summed E-state index contributed by atoms with van der Waals surface area (Å²) in [5.74, 6) is 0. The molecule has 1 atom stereocenters. The number of morpholine rings is 1. The van der Waals surface area contributed by atoms with Crippen LogP contribution in [0.3, 0.4) is 0 Å². The van der Waals surface area contributed by atoms with E-state index in [1.807, 2.05) is 0 Å². The molecule has 0 aromatic carbocycles. The monoisotopic (exact) mass is 316 g/mol. The molecule has 7 heteroatoms. The van der Waals surface area contributed by atoms with Gasteiger partial charge in [-0.2, -0.15) is 5.10 Å². The van der Waals surface area contributed by atoms with E-state index in [9.17, 15) is 4.79 Å². The quantitative estimate of drug-likeness (QED) is 0.868. The molecule has 0 aliphatic carbocycles. The number of aromatic nitrogens is 2. The van der Waals surface area contributed by atoms with Crippen LogP contribution in [-0.4, -0.2) is 54.1 Å². The van der Waals surface area contributed by atoms with Crippen LogP contribution in [0.1, 0.15) is 0 Å². The van der Waals surface area contributed by atoms with Gasteiger partial charge in [-0.15, -0.1) is 0 Å². The Bertz CT molecular complexity index is 477. The first-order valence-corrected chi connectivity index (χ1v) is 6.63. The summed E-state index contributed by atoms with van der Waals surface area (Å²) in [6.07, 6.45) is 1.78. The zero-order valence-corrected chi connectivity index (χ0v) is 12.1. The summed E-state index contributed by atoms with van der Waals surface area (Å²) in [6, 6.07) is 0. The Morgan fingerprint density at radius 3 is 3.11 bits per heavy atom. The van der Waals surface area contributed by atoms with Crippen molar-refractivity contribution in [3.63, 3.8) is 0 Å². The number of aryl methyl sites for hydroxylation is 1. The summed E-state index contributed by atoms with van der Waals surface area (Å²) in [5, 5.41) is 7.18. The van der Waals surface area contributed by atoms with Crippen LogP contribution in [0.25, 0.3) is 0 Å². The minimum Gasteiger partial charge on any atom is -0.380 e. The molecule has 1 saturated heterocycles. The number of nitrogens with one attached hydrogen (secondary N) is 1. The zero-order chi connectivity index (χ0) is 13.1. The van der Waals surface area contributed by atoms with Gasteiger partial charge in [-0.25, -0.2) is 4.68 Å². The van der Waals surface area contributed by atoms with Crippen molar-refractivity contribution in [2.45, 2.75) is 6.10 Å². The molecule has 0 amide bonds. The van der Waals surface area contributed by atoms with E-state index in [2.05, 4.69) is 38.3 Å². The van der Waals surface area contributed by atoms with Crippen LogP contribution in [0, 0.1) is 0 Å². The minimum absolute atomic E-state index is 0.139. The number of hydrogen-bond donors (Lipinski definition) is 1. The molecule has 1 fully saturated rings. The number of halogens is 1. The van der Waals surface area contributed by atoms with Crippen molar-refractivity contribution < 1.29 is 4.74 Å². The standard InChI is InChI=1S/C11H17BrN4O2/c1-15-3-4-18-8(7-15)5-13-9-6-14-16(2)11(17)10(9)12/h6,8,13H,3-5,7H2,1-2H3. The van der Waals surface area contributed by atoms with E-state index in [-0.39, 0.29) is 11.7 Å². The third-order valence-electron chi connectivity index (χ3n) is 2.94. The predicted octanol–water partition coefficient (Wildman–Crippen LogP) is 0.285. The van der Waals surface area contributed by atoms with Gasteiger partial charge in [0.2, 0.25) is 0 Å². The van der Waals surface area contributed by atoms with Gasteiger partial charge >= 0.3 is 0 Å². The smallest absolute Gasteiger partial charge is 0.282 e. The highest BCUT2D eigenvalue weighted by Gasteiger charge is 2.18. The molecule has 0 spiro atoms. The Hall–Kier alpha value is -0.920. The third-order valence-corrected chi connectivity index (χ3v) is 3.71. The molecule has 6 nitrogen and oxygen atoms in total. The van der Waals surface area contributed by atoms with E-state index in [0.29, 0.717) is 16.7 Å². The number of hydrogen-bond acceptors (Lipinski definition) is 5. The highest BCUT2D eigenvalue weighted by atomic mass is 79.9. The molecule has 1 aromatic rings. The van der Waals surface area contributed by atoms with Crippen molar-refractivity contribution in [2.24, 2.45) is 7.05 Å². The van der Waals surface area contributed by atoms with Gasteiger partial charge in [-0.05, 0) is 23.0 Å². The Balaban J connectivity index is 1.98. The van der Waals surface area contributed by atoms with E-state index in [1.165, 1.54) is 4.68 Å². The van der Waals surface area contributed by atoms with Gasteiger partial charge in [-0.3, -0.25) is 4.79 Å². The first kappa shape index (κ1) is 13.5. The summed E-state index contributed by atoms with van der Waals surface area (Å²) in [5.41, 5.74) is 0.552. The van der Waals surface area contributed by atoms with Crippen LogP contribution in [0.5, 0.6) is 0 Å². The Morgan fingerprint density at radius 2 is 2.39 bits per heavy atom. The normalized spacial score (nSPS) is 20.9. The van der Waals surface area contributed by atoms with Gasteiger partial charge in [0.1, 0.15) is 4.47 Å². The molecular weight excluding hydrogens is 300 g/mol. The van der Waals surface area contributed by atoms with Gasteiger partial charge in [0.25, 0.3) is 5.56 Å². The molecule has 1 aromatic heterocycles. The molecule has 0 bridgehead atoms. The molecule has 0 saturated carbocycles. The first-order chi connectivity index (χ1) is 8.58. The highest BCUT2D eigenvalue weighted by Crippen LogP contribution is 2.16. The Kier molecular flexibility index (Phi) is 4.36. The second kappa shape index (κ2) is 5.81. The van der Waals surface area contributed by atoms with Crippen LogP contribution in [0.15, 0.2) is 15.5 Å². The molecule has 1 N–H and O–H groups in total. The predicted molar refractivity (Wildman–Crippen MR) is 72.9 cm³/mol. The maximum absolute atomic E-state index is 11.7. The first-order valence-electron chi connectivity index (χ1n) is 5.83. The van der Waals surface area contributed by atoms with E-state index in [1.54, 1.807) is 13.2 Å². The fraction of sp³-hybridized carbons (Fsp3) is 0.636. The topological polar surface area (TPSA) is 59.4 Å². The van der Waals surface area contributed by atoms with Crippen LogP contribution in [0.4, 0.5) is 5.69 Å². The summed E-state index contributed by atoms with van der Waals surface area (Å²) in [4.78, 5) is 13.9. The van der Waals surface area contributed by atoms with Crippen molar-refractivity contribution >= 4 is 21.6 Å². The van der Waals surface area contributed by atoms with E-state index in [4.69, 9.17) is 4.74 Å². The van der Waals surface area contributed by atoms with E-state index in [0.717, 1.165) is 19.7 Å². The molecule has 0 radical (unpaired) electrons. The number of anilines is 1. The molecule has 1 unspecified atom stereocenters. The molecule has 1 aliphatic rings. The lowest BCUT2D eigenvalue weighted by Gasteiger charge is -2.30. The van der Waals surface area contributed by atoms with Crippen LogP contribution in [0.2, 0.25) is 0 Å². The van der Waals surface area contributed by atoms with Crippen molar-refractivity contribution in [3.05, 3.63) is 21.0 Å². The van der Waals surface area contributed by atoms with Crippen LogP contribution < -0.4 is 10.9 Å². The number of nitrogens with zero attached hydrogens (tertiary/aromatic N) is 3. The average Bonchev–Trinajstić information content (AvgIpc) is 2.35. The zero-order valence-electron chi connectivity index (χ0n) is 10.5.